The van der Waals surface area contributed by atoms with Crippen molar-refractivity contribution < 1.29 is 4.79 Å². The van der Waals surface area contributed by atoms with Crippen molar-refractivity contribution in [2.45, 2.75) is 32.7 Å². The van der Waals surface area contributed by atoms with Gasteiger partial charge in [-0.25, -0.2) is 9.78 Å². The molecule has 1 aliphatic heterocycles. The first-order valence-corrected chi connectivity index (χ1v) is 6.91. The number of likely N-dealkylation sites (tertiary alicyclic amines) is 1. The highest BCUT2D eigenvalue weighted by atomic mass is 16.2. The van der Waals surface area contributed by atoms with E-state index in [0.717, 1.165) is 25.2 Å². The van der Waals surface area contributed by atoms with Crippen LogP contribution in [0.3, 0.4) is 0 Å². The van der Waals surface area contributed by atoms with Gasteiger partial charge in [-0.15, -0.1) is 0 Å². The van der Waals surface area contributed by atoms with Gasteiger partial charge in [-0.3, -0.25) is 10.2 Å². The molecule has 2 rings (SSSR count). The average molecular weight is 262 g/mol. The van der Waals surface area contributed by atoms with Crippen molar-refractivity contribution in [3.05, 3.63) is 23.9 Å². The quantitative estimate of drug-likeness (QED) is 0.872. The van der Waals surface area contributed by atoms with Gasteiger partial charge < -0.3 is 5.32 Å². The summed E-state index contributed by atoms with van der Waals surface area (Å²) in [5.41, 5.74) is 0.894. The maximum Gasteiger partial charge on any atom is 0.320 e. The molecule has 1 aromatic heterocycles. The third-order valence-electron chi connectivity index (χ3n) is 3.53. The summed E-state index contributed by atoms with van der Waals surface area (Å²) in [4.78, 5) is 18.4. The first-order valence-electron chi connectivity index (χ1n) is 6.91. The van der Waals surface area contributed by atoms with Crippen LogP contribution >= 0.6 is 0 Å². The predicted octanol–water partition coefficient (Wildman–Crippen LogP) is 2.00. The number of hydrogen-bond donors (Lipinski definition) is 2. The molecule has 1 aliphatic rings. The standard InChI is InChI=1S/C14H22N4O/c1-3-18-9-5-7-12(18)10-15-14(19)17-13-8-4-6-11(2)16-13/h4,6,8,12H,3,5,7,9-10H2,1-2H3,(H2,15,16,17,19). The number of anilines is 1. The number of rotatable bonds is 4. The minimum Gasteiger partial charge on any atom is -0.336 e. The summed E-state index contributed by atoms with van der Waals surface area (Å²) in [6.45, 7) is 6.96. The van der Waals surface area contributed by atoms with Crippen LogP contribution in [-0.4, -0.2) is 41.6 Å². The van der Waals surface area contributed by atoms with Crippen LogP contribution in [0.2, 0.25) is 0 Å². The summed E-state index contributed by atoms with van der Waals surface area (Å²) in [6.07, 6.45) is 2.39. The molecule has 5 nitrogen and oxygen atoms in total. The molecule has 0 bridgehead atoms. The van der Waals surface area contributed by atoms with E-state index in [0.29, 0.717) is 18.4 Å². The molecular weight excluding hydrogens is 240 g/mol. The zero-order valence-electron chi connectivity index (χ0n) is 11.6. The number of nitrogens with zero attached hydrogens (tertiary/aromatic N) is 2. The van der Waals surface area contributed by atoms with Crippen molar-refractivity contribution in [2.75, 3.05) is 25.0 Å². The Labute approximate surface area is 114 Å². The molecule has 1 aromatic rings. The number of amides is 2. The second kappa shape index (κ2) is 6.52. The maximum absolute atomic E-state index is 11.8. The van der Waals surface area contributed by atoms with Crippen molar-refractivity contribution in [1.29, 1.82) is 0 Å². The van der Waals surface area contributed by atoms with E-state index in [2.05, 4.69) is 27.4 Å². The molecule has 19 heavy (non-hydrogen) atoms. The first-order chi connectivity index (χ1) is 9.19. The Morgan fingerprint density at radius 3 is 3.11 bits per heavy atom. The Kier molecular flexibility index (Phi) is 4.74. The summed E-state index contributed by atoms with van der Waals surface area (Å²) in [6, 6.07) is 5.87. The van der Waals surface area contributed by atoms with E-state index in [-0.39, 0.29) is 6.03 Å². The van der Waals surface area contributed by atoms with Crippen molar-refractivity contribution in [2.24, 2.45) is 0 Å². The van der Waals surface area contributed by atoms with E-state index < -0.39 is 0 Å². The molecule has 0 aromatic carbocycles. The summed E-state index contributed by atoms with van der Waals surface area (Å²) in [7, 11) is 0. The number of nitrogens with one attached hydrogen (secondary N) is 2. The largest absolute Gasteiger partial charge is 0.336 e. The Morgan fingerprint density at radius 2 is 2.37 bits per heavy atom. The molecule has 2 N–H and O–H groups in total. The van der Waals surface area contributed by atoms with Gasteiger partial charge in [0, 0.05) is 18.3 Å². The molecule has 2 heterocycles. The van der Waals surface area contributed by atoms with Gasteiger partial charge in [-0.2, -0.15) is 0 Å². The molecule has 5 heteroatoms. The summed E-state index contributed by atoms with van der Waals surface area (Å²) >= 11 is 0. The number of likely N-dealkylation sites (N-methyl/N-ethyl adjacent to an activating group) is 1. The lowest BCUT2D eigenvalue weighted by Crippen LogP contribution is -2.41. The van der Waals surface area contributed by atoms with Gasteiger partial charge in [0.05, 0.1) is 0 Å². The zero-order valence-corrected chi connectivity index (χ0v) is 11.6. The van der Waals surface area contributed by atoms with Gasteiger partial charge in [-0.05, 0) is 45.0 Å². The lowest BCUT2D eigenvalue weighted by molar-refractivity contribution is 0.238. The van der Waals surface area contributed by atoms with Gasteiger partial charge >= 0.3 is 6.03 Å². The van der Waals surface area contributed by atoms with Crippen molar-refractivity contribution >= 4 is 11.8 Å². The third-order valence-corrected chi connectivity index (χ3v) is 3.53. The number of carbonyl (C=O) groups excluding carboxylic acids is 1. The molecule has 1 fully saturated rings. The Bertz CT molecular complexity index is 435. The number of urea groups is 1. The molecule has 0 radical (unpaired) electrons. The molecule has 104 valence electrons. The minimum atomic E-state index is -0.180. The van der Waals surface area contributed by atoms with Gasteiger partial charge in [0.25, 0.3) is 0 Å². The van der Waals surface area contributed by atoms with Gasteiger partial charge in [0.2, 0.25) is 0 Å². The summed E-state index contributed by atoms with van der Waals surface area (Å²) < 4.78 is 0. The normalized spacial score (nSPS) is 19.4. The average Bonchev–Trinajstić information content (AvgIpc) is 2.83. The molecule has 1 unspecified atom stereocenters. The smallest absolute Gasteiger partial charge is 0.320 e. The fourth-order valence-corrected chi connectivity index (χ4v) is 2.53. The third kappa shape index (κ3) is 3.92. The Morgan fingerprint density at radius 1 is 1.53 bits per heavy atom. The lowest BCUT2D eigenvalue weighted by atomic mass is 10.2. The van der Waals surface area contributed by atoms with E-state index in [4.69, 9.17) is 0 Å². The van der Waals surface area contributed by atoms with Crippen molar-refractivity contribution in [1.82, 2.24) is 15.2 Å². The number of aryl methyl sites for hydroxylation is 1. The van der Waals surface area contributed by atoms with Crippen LogP contribution in [0, 0.1) is 6.92 Å². The lowest BCUT2D eigenvalue weighted by Gasteiger charge is -2.22. The number of aromatic nitrogens is 1. The molecule has 1 saturated heterocycles. The van der Waals surface area contributed by atoms with Crippen LogP contribution in [0.4, 0.5) is 10.6 Å². The predicted molar refractivity (Wildman–Crippen MR) is 76.3 cm³/mol. The van der Waals surface area contributed by atoms with Crippen LogP contribution in [0.1, 0.15) is 25.5 Å². The van der Waals surface area contributed by atoms with E-state index in [1.54, 1.807) is 6.07 Å². The first kappa shape index (κ1) is 13.8. The molecule has 1 atom stereocenters. The maximum atomic E-state index is 11.8. The number of hydrogen-bond acceptors (Lipinski definition) is 3. The fourth-order valence-electron chi connectivity index (χ4n) is 2.53. The summed E-state index contributed by atoms with van der Waals surface area (Å²) in [5.74, 6) is 0.594. The van der Waals surface area contributed by atoms with E-state index in [1.165, 1.54) is 6.42 Å². The number of carbonyl (C=O) groups is 1. The summed E-state index contributed by atoms with van der Waals surface area (Å²) in [5, 5.41) is 5.69. The van der Waals surface area contributed by atoms with E-state index >= 15 is 0 Å². The van der Waals surface area contributed by atoms with Gasteiger partial charge in [0.15, 0.2) is 0 Å². The fraction of sp³-hybridized carbons (Fsp3) is 0.571. The molecular formula is C14H22N4O. The Balaban J connectivity index is 1.78. The van der Waals surface area contributed by atoms with Crippen LogP contribution in [0.5, 0.6) is 0 Å². The second-order valence-electron chi connectivity index (χ2n) is 4.92. The van der Waals surface area contributed by atoms with Gasteiger partial charge in [-0.1, -0.05) is 13.0 Å². The van der Waals surface area contributed by atoms with Crippen LogP contribution in [0.15, 0.2) is 18.2 Å². The van der Waals surface area contributed by atoms with Gasteiger partial charge in [0.1, 0.15) is 5.82 Å². The second-order valence-corrected chi connectivity index (χ2v) is 4.92. The van der Waals surface area contributed by atoms with Crippen molar-refractivity contribution in [3.8, 4) is 0 Å². The molecule has 0 saturated carbocycles. The van der Waals surface area contributed by atoms with Crippen molar-refractivity contribution in [3.63, 3.8) is 0 Å². The SMILES string of the molecule is CCN1CCCC1CNC(=O)Nc1cccc(C)n1. The topological polar surface area (TPSA) is 57.3 Å². The molecule has 0 aliphatic carbocycles. The highest BCUT2D eigenvalue weighted by molar-refractivity contribution is 5.88. The highest BCUT2D eigenvalue weighted by Crippen LogP contribution is 2.15. The molecule has 2 amide bonds. The highest BCUT2D eigenvalue weighted by Gasteiger charge is 2.23. The zero-order chi connectivity index (χ0) is 13.7. The van der Waals surface area contributed by atoms with E-state index in [1.807, 2.05) is 19.1 Å². The van der Waals surface area contributed by atoms with Crippen LogP contribution in [-0.2, 0) is 0 Å². The molecule has 0 spiro atoms. The van der Waals surface area contributed by atoms with Crippen LogP contribution in [0.25, 0.3) is 0 Å². The monoisotopic (exact) mass is 262 g/mol. The van der Waals surface area contributed by atoms with Crippen LogP contribution < -0.4 is 10.6 Å². The van der Waals surface area contributed by atoms with E-state index in [9.17, 15) is 4.79 Å². The Hall–Kier alpha value is -1.62. The minimum absolute atomic E-state index is 0.180. The number of pyridine rings is 1.